The van der Waals surface area contributed by atoms with Crippen molar-refractivity contribution in [2.75, 3.05) is 46.3 Å². The topological polar surface area (TPSA) is 70.5 Å². The van der Waals surface area contributed by atoms with Crippen LogP contribution in [0.1, 0.15) is 15.9 Å². The molecule has 172 valence electrons. The minimum absolute atomic E-state index is 0.111. The second kappa shape index (κ2) is 10.8. The minimum atomic E-state index is -0.215. The lowest BCUT2D eigenvalue weighted by molar-refractivity contribution is 0.0941. The lowest BCUT2D eigenvalue weighted by Gasteiger charge is -2.32. The quantitative estimate of drug-likeness (QED) is 0.581. The molecular weight excluding hydrogens is 434 g/mol. The predicted octanol–water partition coefficient (Wildman–Crippen LogP) is 2.67. The number of likely N-dealkylation sites (N-methyl/N-ethyl adjacent to an activating group) is 1. The van der Waals surface area contributed by atoms with E-state index in [1.165, 1.54) is 28.1 Å². The smallest absolute Gasteiger partial charge is 0.271 e. The van der Waals surface area contributed by atoms with Gasteiger partial charge in [-0.15, -0.1) is 0 Å². The highest BCUT2D eigenvalue weighted by molar-refractivity contribution is 7.99. The molecule has 3 aromatic rings. The van der Waals surface area contributed by atoms with Crippen LogP contribution in [0.2, 0.25) is 0 Å². The van der Waals surface area contributed by atoms with Crippen molar-refractivity contribution in [1.29, 1.82) is 0 Å². The normalized spacial score (nSPS) is 14.8. The average molecular weight is 464 g/mol. The van der Waals surface area contributed by atoms with Crippen LogP contribution in [0.4, 0.5) is 0 Å². The molecule has 1 amide bonds. The Hall–Kier alpha value is -2.94. The molecule has 1 aliphatic heterocycles. The predicted molar refractivity (Wildman–Crippen MR) is 131 cm³/mol. The standard InChI is InChI=1S/C25H29N5O2S/c1-19-3-9-22(10-4-19)33-23-11-12-24(31)30(27-23)21-7-5-20(6-8-21)25(32)26-13-14-29-17-15-28(2)16-18-29/h3-12H,13-18H2,1-2H3,(H,26,32). The van der Waals surface area contributed by atoms with E-state index in [0.717, 1.165) is 42.6 Å². The van der Waals surface area contributed by atoms with Crippen LogP contribution in [-0.4, -0.2) is 71.8 Å². The summed E-state index contributed by atoms with van der Waals surface area (Å²) in [6, 6.07) is 18.4. The molecule has 1 N–H and O–H groups in total. The zero-order chi connectivity index (χ0) is 23.2. The van der Waals surface area contributed by atoms with Gasteiger partial charge in [-0.3, -0.25) is 14.5 Å². The second-order valence-electron chi connectivity index (χ2n) is 8.28. The van der Waals surface area contributed by atoms with E-state index in [2.05, 4.69) is 27.3 Å². The van der Waals surface area contributed by atoms with Gasteiger partial charge in [0.15, 0.2) is 0 Å². The van der Waals surface area contributed by atoms with Crippen molar-refractivity contribution in [3.05, 3.63) is 82.1 Å². The van der Waals surface area contributed by atoms with Gasteiger partial charge in [-0.1, -0.05) is 29.5 Å². The number of aromatic nitrogens is 2. The third kappa shape index (κ3) is 6.31. The summed E-state index contributed by atoms with van der Waals surface area (Å²) in [6.45, 7) is 7.70. The van der Waals surface area contributed by atoms with Crippen LogP contribution in [0.25, 0.3) is 5.69 Å². The molecule has 0 spiro atoms. The summed E-state index contributed by atoms with van der Waals surface area (Å²) in [7, 11) is 2.13. The number of rotatable bonds is 7. The summed E-state index contributed by atoms with van der Waals surface area (Å²) in [6.07, 6.45) is 0. The zero-order valence-corrected chi connectivity index (χ0v) is 19.8. The van der Waals surface area contributed by atoms with Crippen LogP contribution in [0.3, 0.4) is 0 Å². The monoisotopic (exact) mass is 463 g/mol. The van der Waals surface area contributed by atoms with Crippen LogP contribution in [-0.2, 0) is 0 Å². The number of carbonyl (C=O) groups excluding carboxylic acids is 1. The fraction of sp³-hybridized carbons (Fsp3) is 0.320. The Morgan fingerprint density at radius 2 is 1.67 bits per heavy atom. The van der Waals surface area contributed by atoms with E-state index >= 15 is 0 Å². The summed E-state index contributed by atoms with van der Waals surface area (Å²) in [4.78, 5) is 30.6. The van der Waals surface area contributed by atoms with Gasteiger partial charge >= 0.3 is 0 Å². The Morgan fingerprint density at radius 3 is 2.36 bits per heavy atom. The molecular formula is C25H29N5O2S. The molecule has 0 unspecified atom stereocenters. The molecule has 1 fully saturated rings. The molecule has 0 aliphatic carbocycles. The first-order valence-electron chi connectivity index (χ1n) is 11.1. The van der Waals surface area contributed by atoms with Gasteiger partial charge in [0.2, 0.25) is 0 Å². The average Bonchev–Trinajstić information content (AvgIpc) is 2.83. The number of piperazine rings is 1. The largest absolute Gasteiger partial charge is 0.351 e. The molecule has 0 radical (unpaired) electrons. The van der Waals surface area contributed by atoms with E-state index in [1.54, 1.807) is 30.3 Å². The Kier molecular flexibility index (Phi) is 7.59. The molecule has 0 bridgehead atoms. The molecule has 2 heterocycles. The Morgan fingerprint density at radius 1 is 0.970 bits per heavy atom. The maximum Gasteiger partial charge on any atom is 0.271 e. The number of nitrogens with one attached hydrogen (secondary N) is 1. The maximum absolute atomic E-state index is 12.5. The third-order valence-corrected chi connectivity index (χ3v) is 6.64. The minimum Gasteiger partial charge on any atom is -0.351 e. The van der Waals surface area contributed by atoms with Crippen LogP contribution < -0.4 is 10.9 Å². The fourth-order valence-corrected chi connectivity index (χ4v) is 4.39. The van der Waals surface area contributed by atoms with Crippen LogP contribution in [0, 0.1) is 6.92 Å². The van der Waals surface area contributed by atoms with Gasteiger partial charge in [0.1, 0.15) is 5.03 Å². The molecule has 4 rings (SSSR count). The lowest BCUT2D eigenvalue weighted by Crippen LogP contribution is -2.46. The van der Waals surface area contributed by atoms with Crippen molar-refractivity contribution in [2.24, 2.45) is 0 Å². The van der Waals surface area contributed by atoms with Crippen molar-refractivity contribution < 1.29 is 4.79 Å². The highest BCUT2D eigenvalue weighted by Gasteiger charge is 2.14. The number of aryl methyl sites for hydroxylation is 1. The van der Waals surface area contributed by atoms with Gasteiger partial charge in [-0.05, 0) is 56.4 Å². The second-order valence-corrected chi connectivity index (χ2v) is 9.38. The Balaban J connectivity index is 1.37. The van der Waals surface area contributed by atoms with Gasteiger partial charge in [0.25, 0.3) is 11.5 Å². The van der Waals surface area contributed by atoms with Crippen LogP contribution in [0.5, 0.6) is 0 Å². The first-order chi connectivity index (χ1) is 16.0. The van der Waals surface area contributed by atoms with Gasteiger partial charge in [-0.2, -0.15) is 9.78 Å². The first kappa shape index (κ1) is 23.2. The molecule has 8 heteroatoms. The first-order valence-corrected chi connectivity index (χ1v) is 11.9. The van der Waals surface area contributed by atoms with Crippen molar-refractivity contribution in [1.82, 2.24) is 24.9 Å². The van der Waals surface area contributed by atoms with E-state index in [9.17, 15) is 9.59 Å². The Bertz CT molecular complexity index is 1140. The summed E-state index contributed by atoms with van der Waals surface area (Å²) >= 11 is 1.50. The molecule has 7 nitrogen and oxygen atoms in total. The van der Waals surface area contributed by atoms with Gasteiger partial charge in [-0.25, -0.2) is 0 Å². The number of hydrogen-bond donors (Lipinski definition) is 1. The summed E-state index contributed by atoms with van der Waals surface area (Å²) < 4.78 is 1.37. The van der Waals surface area contributed by atoms with E-state index < -0.39 is 0 Å². The van der Waals surface area contributed by atoms with Crippen LogP contribution >= 0.6 is 11.8 Å². The third-order valence-electron chi connectivity index (χ3n) is 5.70. The van der Waals surface area contributed by atoms with Crippen LogP contribution in [0.15, 0.2) is 75.4 Å². The highest BCUT2D eigenvalue weighted by atomic mass is 32.2. The van der Waals surface area contributed by atoms with Gasteiger partial charge < -0.3 is 10.2 Å². The number of carbonyl (C=O) groups is 1. The zero-order valence-electron chi connectivity index (χ0n) is 19.0. The van der Waals surface area contributed by atoms with E-state index in [0.29, 0.717) is 17.8 Å². The van der Waals surface area contributed by atoms with E-state index in [4.69, 9.17) is 0 Å². The Labute approximate surface area is 198 Å². The SMILES string of the molecule is Cc1ccc(Sc2ccc(=O)n(-c3ccc(C(=O)NCCN4CCN(C)CC4)cc3)n2)cc1. The van der Waals surface area contributed by atoms with Crippen molar-refractivity contribution in [3.63, 3.8) is 0 Å². The molecule has 33 heavy (non-hydrogen) atoms. The van der Waals surface area contributed by atoms with Gasteiger partial charge in [0.05, 0.1) is 5.69 Å². The van der Waals surface area contributed by atoms with E-state index in [-0.39, 0.29) is 11.5 Å². The molecule has 0 atom stereocenters. The lowest BCUT2D eigenvalue weighted by atomic mass is 10.2. The summed E-state index contributed by atoms with van der Waals surface area (Å²) in [5, 5.41) is 8.21. The fourth-order valence-electron chi connectivity index (χ4n) is 3.62. The van der Waals surface area contributed by atoms with Gasteiger partial charge in [0, 0.05) is 55.8 Å². The molecule has 2 aromatic carbocycles. The van der Waals surface area contributed by atoms with E-state index in [1.807, 2.05) is 31.2 Å². The van der Waals surface area contributed by atoms with Crippen molar-refractivity contribution >= 4 is 17.7 Å². The number of hydrogen-bond acceptors (Lipinski definition) is 6. The maximum atomic E-state index is 12.5. The summed E-state index contributed by atoms with van der Waals surface area (Å²) in [5.41, 5.74) is 2.17. The molecule has 1 saturated heterocycles. The molecule has 1 aromatic heterocycles. The van der Waals surface area contributed by atoms with Crippen molar-refractivity contribution in [2.45, 2.75) is 16.8 Å². The highest BCUT2D eigenvalue weighted by Crippen LogP contribution is 2.25. The van der Waals surface area contributed by atoms with Crippen molar-refractivity contribution in [3.8, 4) is 5.69 Å². The summed E-state index contributed by atoms with van der Waals surface area (Å²) in [5.74, 6) is -0.111. The molecule has 0 saturated carbocycles. The molecule has 1 aliphatic rings. The number of nitrogens with zero attached hydrogens (tertiary/aromatic N) is 4. The number of benzene rings is 2. The number of amides is 1.